The van der Waals surface area contributed by atoms with Crippen LogP contribution in [0.5, 0.6) is 0 Å². The minimum Gasteiger partial charge on any atom is -0.325 e. The van der Waals surface area contributed by atoms with Crippen molar-refractivity contribution in [3.63, 3.8) is 0 Å². The van der Waals surface area contributed by atoms with Gasteiger partial charge in [0.25, 0.3) is 0 Å². The highest BCUT2D eigenvalue weighted by Gasteiger charge is 2.08. The second-order valence-corrected chi connectivity index (χ2v) is 3.82. The van der Waals surface area contributed by atoms with Crippen LogP contribution >= 0.6 is 11.6 Å². The first-order valence-electron chi connectivity index (χ1n) is 4.86. The van der Waals surface area contributed by atoms with Crippen LogP contribution in [0.15, 0.2) is 30.5 Å². The van der Waals surface area contributed by atoms with E-state index < -0.39 is 0 Å². The van der Waals surface area contributed by atoms with Crippen LogP contribution in [0.25, 0.3) is 0 Å². The van der Waals surface area contributed by atoms with Crippen molar-refractivity contribution in [3.8, 4) is 0 Å². The lowest BCUT2D eigenvalue weighted by atomic mass is 10.2. The number of rotatable bonds is 3. The number of benzene rings is 1. The second-order valence-electron chi connectivity index (χ2n) is 3.41. The number of hydrogen-bond donors (Lipinski definition) is 1. The Morgan fingerprint density at radius 2 is 2.19 bits per heavy atom. The van der Waals surface area contributed by atoms with Crippen LogP contribution in [0, 0.1) is 5.82 Å². The molecule has 0 aliphatic rings. The predicted molar refractivity (Wildman–Crippen MR) is 60.6 cm³/mol. The van der Waals surface area contributed by atoms with Gasteiger partial charge >= 0.3 is 0 Å². The maximum atomic E-state index is 13.5. The van der Waals surface area contributed by atoms with Crippen molar-refractivity contribution in [2.24, 2.45) is 5.73 Å². The minimum absolute atomic E-state index is 0.311. The lowest BCUT2D eigenvalue weighted by molar-refractivity contribution is 0.583. The van der Waals surface area contributed by atoms with Crippen LogP contribution in [0.2, 0.25) is 5.02 Å². The fourth-order valence-corrected chi connectivity index (χ4v) is 1.67. The molecule has 1 aromatic carbocycles. The summed E-state index contributed by atoms with van der Waals surface area (Å²) in [7, 11) is 0. The highest BCUT2D eigenvalue weighted by atomic mass is 35.5. The largest absolute Gasteiger partial charge is 0.325 e. The monoisotopic (exact) mass is 239 g/mol. The van der Waals surface area contributed by atoms with Crippen molar-refractivity contribution in [2.75, 3.05) is 0 Å². The highest BCUT2D eigenvalue weighted by Crippen LogP contribution is 2.19. The van der Waals surface area contributed by atoms with E-state index in [9.17, 15) is 4.39 Å². The fraction of sp³-hybridized carbons (Fsp3) is 0.182. The molecule has 0 fully saturated rings. The molecule has 0 amide bonds. The summed E-state index contributed by atoms with van der Waals surface area (Å²) in [5.41, 5.74) is 6.65. The Morgan fingerprint density at radius 3 is 2.81 bits per heavy atom. The summed E-state index contributed by atoms with van der Waals surface area (Å²) in [6, 6.07) is 6.42. The van der Waals surface area contributed by atoms with Gasteiger partial charge in [-0.15, -0.1) is 0 Å². The lowest BCUT2D eigenvalue weighted by Gasteiger charge is -2.05. The van der Waals surface area contributed by atoms with E-state index in [-0.39, 0.29) is 5.82 Å². The predicted octanol–water partition coefficient (Wildman–Crippen LogP) is 2.18. The lowest BCUT2D eigenvalue weighted by Crippen LogP contribution is -2.05. The summed E-state index contributed by atoms with van der Waals surface area (Å²) in [6.45, 7) is 0.684. The Hall–Kier alpha value is -1.39. The molecule has 1 aromatic heterocycles. The molecule has 0 saturated carbocycles. The van der Waals surface area contributed by atoms with E-state index in [1.165, 1.54) is 6.07 Å². The molecule has 3 nitrogen and oxygen atoms in total. The molecule has 84 valence electrons. The van der Waals surface area contributed by atoms with Gasteiger partial charge in [-0.25, -0.2) is 4.39 Å². The number of nitrogens with zero attached hydrogens (tertiary/aromatic N) is 2. The van der Waals surface area contributed by atoms with Crippen molar-refractivity contribution >= 4 is 11.6 Å². The molecular formula is C11H11ClFN3. The Bertz CT molecular complexity index is 475. The molecule has 1 heterocycles. The zero-order chi connectivity index (χ0) is 11.5. The summed E-state index contributed by atoms with van der Waals surface area (Å²) < 4.78 is 15.1. The Balaban J connectivity index is 2.26. The van der Waals surface area contributed by atoms with Gasteiger partial charge in [-0.1, -0.05) is 17.7 Å². The smallest absolute Gasteiger partial charge is 0.129 e. The molecule has 0 aliphatic carbocycles. The summed E-state index contributed by atoms with van der Waals surface area (Å²) in [4.78, 5) is 0. The van der Waals surface area contributed by atoms with Crippen LogP contribution in [0.3, 0.4) is 0 Å². The maximum absolute atomic E-state index is 13.5. The normalized spacial score (nSPS) is 10.7. The third kappa shape index (κ3) is 2.23. The molecule has 0 aliphatic heterocycles. The van der Waals surface area contributed by atoms with Crippen molar-refractivity contribution < 1.29 is 4.39 Å². The van der Waals surface area contributed by atoms with E-state index in [4.69, 9.17) is 17.3 Å². The van der Waals surface area contributed by atoms with E-state index in [0.717, 1.165) is 5.69 Å². The molecule has 0 spiro atoms. The molecular weight excluding hydrogens is 229 g/mol. The van der Waals surface area contributed by atoms with Gasteiger partial charge in [0.05, 0.1) is 12.2 Å². The third-order valence-corrected chi connectivity index (χ3v) is 2.64. The summed E-state index contributed by atoms with van der Waals surface area (Å²) in [5, 5.41) is 4.58. The molecule has 0 radical (unpaired) electrons. The first-order chi connectivity index (χ1) is 7.70. The fourth-order valence-electron chi connectivity index (χ4n) is 1.45. The van der Waals surface area contributed by atoms with Gasteiger partial charge in [-0.2, -0.15) is 5.10 Å². The van der Waals surface area contributed by atoms with Gasteiger partial charge < -0.3 is 5.73 Å². The van der Waals surface area contributed by atoms with Crippen molar-refractivity contribution in [2.45, 2.75) is 13.1 Å². The standard InChI is InChI=1S/C11H11ClFN3/c12-10-2-1-3-11(13)9(10)7-16-5-4-8(6-14)15-16/h1-5H,6-7,14H2. The first kappa shape index (κ1) is 11.1. The van der Waals surface area contributed by atoms with Gasteiger partial charge in [0.1, 0.15) is 5.82 Å². The molecule has 0 unspecified atom stereocenters. The Morgan fingerprint density at radius 1 is 1.38 bits per heavy atom. The number of nitrogens with two attached hydrogens (primary N) is 1. The van der Waals surface area contributed by atoms with Gasteiger partial charge in [0.15, 0.2) is 0 Å². The van der Waals surface area contributed by atoms with Crippen molar-refractivity contribution in [1.82, 2.24) is 9.78 Å². The Kier molecular flexibility index (Phi) is 3.22. The van der Waals surface area contributed by atoms with Crippen LogP contribution in [0.1, 0.15) is 11.3 Å². The molecule has 0 bridgehead atoms. The number of halogens is 2. The summed E-state index contributed by atoms with van der Waals surface area (Å²) in [6.07, 6.45) is 1.75. The molecule has 2 aromatic rings. The molecule has 16 heavy (non-hydrogen) atoms. The molecule has 0 saturated heterocycles. The van der Waals surface area contributed by atoms with Gasteiger partial charge in [-0.05, 0) is 18.2 Å². The topological polar surface area (TPSA) is 43.8 Å². The minimum atomic E-state index is -0.322. The molecule has 0 atom stereocenters. The maximum Gasteiger partial charge on any atom is 0.129 e. The van der Waals surface area contributed by atoms with Gasteiger partial charge in [-0.3, -0.25) is 4.68 Å². The Labute approximate surface area is 97.6 Å². The molecule has 2 N–H and O–H groups in total. The summed E-state index contributed by atoms with van der Waals surface area (Å²) in [5.74, 6) is -0.322. The van der Waals surface area contributed by atoms with E-state index in [1.807, 2.05) is 0 Å². The summed E-state index contributed by atoms with van der Waals surface area (Å²) >= 11 is 5.91. The van der Waals surface area contributed by atoms with Gasteiger partial charge in [0.2, 0.25) is 0 Å². The van der Waals surface area contributed by atoms with Crippen molar-refractivity contribution in [3.05, 3.63) is 52.6 Å². The average molecular weight is 240 g/mol. The van der Waals surface area contributed by atoms with E-state index in [0.29, 0.717) is 23.7 Å². The quantitative estimate of drug-likeness (QED) is 0.892. The van der Waals surface area contributed by atoms with E-state index in [1.54, 1.807) is 29.1 Å². The molecule has 2 rings (SSSR count). The van der Waals surface area contributed by atoms with Crippen LogP contribution in [0.4, 0.5) is 4.39 Å². The van der Waals surface area contributed by atoms with Crippen LogP contribution in [-0.2, 0) is 13.1 Å². The van der Waals surface area contributed by atoms with Crippen LogP contribution < -0.4 is 5.73 Å². The molecule has 5 heteroatoms. The van der Waals surface area contributed by atoms with Gasteiger partial charge in [0, 0.05) is 23.3 Å². The van der Waals surface area contributed by atoms with E-state index >= 15 is 0 Å². The van der Waals surface area contributed by atoms with Crippen LogP contribution in [-0.4, -0.2) is 9.78 Å². The first-order valence-corrected chi connectivity index (χ1v) is 5.24. The average Bonchev–Trinajstić information content (AvgIpc) is 2.71. The van der Waals surface area contributed by atoms with Crippen molar-refractivity contribution in [1.29, 1.82) is 0 Å². The number of hydrogen-bond acceptors (Lipinski definition) is 2. The third-order valence-electron chi connectivity index (χ3n) is 2.29. The van der Waals surface area contributed by atoms with E-state index in [2.05, 4.69) is 5.10 Å². The number of aromatic nitrogens is 2. The zero-order valence-electron chi connectivity index (χ0n) is 8.53. The zero-order valence-corrected chi connectivity index (χ0v) is 9.28. The highest BCUT2D eigenvalue weighted by molar-refractivity contribution is 6.31. The SMILES string of the molecule is NCc1ccn(Cc2c(F)cccc2Cl)n1. The second kappa shape index (κ2) is 4.63.